The highest BCUT2D eigenvalue weighted by Gasteiger charge is 2.40. The molecular formula is C42H38N6O8. The number of phenolic OH excluding ortho intramolecular Hbond substituents is 1. The van der Waals surface area contributed by atoms with Crippen molar-refractivity contribution in [3.63, 3.8) is 0 Å². The van der Waals surface area contributed by atoms with Crippen molar-refractivity contribution in [3.05, 3.63) is 159 Å². The highest BCUT2D eigenvalue weighted by Crippen LogP contribution is 2.33. The standard InChI is InChI=1S/C42H38N6O8/c49-35-15-13-31(32-14-16-37(51)48-38(32)35)36(50)23-43-20-24-9-11-25(12-10-24)39(52)45-29-18-30(19-29)46-40(53)34-22-44-21-33(47-34)26-5-4-8-28(17-26)42(56,41(54)55)27-6-2-1-3-7-27/h1-17,21-22,29-30,36,43,49-50,56H,18-20,23H2,(H,45,52)(H,46,53)(H,48,51)(H,54,55)/t29?,30?,36-,42-/m0/s1. The summed E-state index contributed by atoms with van der Waals surface area (Å²) in [6, 6.07) is 27.1. The van der Waals surface area contributed by atoms with Gasteiger partial charge in [-0.2, -0.15) is 0 Å². The van der Waals surface area contributed by atoms with Gasteiger partial charge >= 0.3 is 5.97 Å². The zero-order chi connectivity index (χ0) is 39.4. The molecule has 1 aliphatic carbocycles. The predicted molar refractivity (Wildman–Crippen MR) is 206 cm³/mol. The Morgan fingerprint density at radius 2 is 1.55 bits per heavy atom. The number of aromatic nitrogens is 3. The molecule has 6 aromatic rings. The number of benzene rings is 4. The van der Waals surface area contributed by atoms with Crippen LogP contribution in [0.3, 0.4) is 0 Å². The van der Waals surface area contributed by atoms with Crippen molar-refractivity contribution < 1.29 is 34.8 Å². The highest BCUT2D eigenvalue weighted by atomic mass is 16.4. The van der Waals surface area contributed by atoms with Gasteiger partial charge in [0.05, 0.1) is 29.7 Å². The minimum absolute atomic E-state index is 0.0625. The molecule has 1 aliphatic rings. The number of nitrogens with one attached hydrogen (secondary N) is 4. The van der Waals surface area contributed by atoms with Gasteiger partial charge in [-0.15, -0.1) is 0 Å². The molecule has 0 radical (unpaired) electrons. The van der Waals surface area contributed by atoms with Crippen molar-refractivity contribution in [1.82, 2.24) is 30.9 Å². The summed E-state index contributed by atoms with van der Waals surface area (Å²) in [5, 5.41) is 51.8. The molecule has 2 aromatic heterocycles. The number of amides is 2. The van der Waals surface area contributed by atoms with E-state index in [1.165, 1.54) is 48.8 Å². The SMILES string of the molecule is O=C(NC1CC(NC(=O)c2cncc(-c3cccc([C@](O)(C(=O)O)c4ccccc4)c3)n2)C1)c1ccc(CNC[C@H](O)c2ccc(O)c3[nH]c(=O)ccc23)cc1. The van der Waals surface area contributed by atoms with Gasteiger partial charge in [-0.25, -0.2) is 9.78 Å². The van der Waals surface area contributed by atoms with E-state index in [4.69, 9.17) is 0 Å². The first-order valence-corrected chi connectivity index (χ1v) is 17.9. The summed E-state index contributed by atoms with van der Waals surface area (Å²) in [6.45, 7) is 0.638. The molecule has 0 bridgehead atoms. The van der Waals surface area contributed by atoms with Crippen LogP contribution in [-0.2, 0) is 16.9 Å². The van der Waals surface area contributed by atoms with E-state index in [1.54, 1.807) is 54.6 Å². The van der Waals surface area contributed by atoms with Crippen molar-refractivity contribution in [2.75, 3.05) is 6.54 Å². The molecule has 2 heterocycles. The fourth-order valence-electron chi connectivity index (χ4n) is 6.78. The normalized spacial score (nSPS) is 16.6. The first-order chi connectivity index (χ1) is 27.0. The Labute approximate surface area is 319 Å². The number of aliphatic hydroxyl groups is 2. The van der Waals surface area contributed by atoms with Crippen LogP contribution in [0.5, 0.6) is 5.75 Å². The van der Waals surface area contributed by atoms with E-state index < -0.39 is 23.6 Å². The van der Waals surface area contributed by atoms with E-state index in [0.717, 1.165) is 5.56 Å². The Hall–Kier alpha value is -6.74. The molecule has 7 rings (SSSR count). The molecule has 4 aromatic carbocycles. The molecule has 1 fully saturated rings. The maximum absolute atomic E-state index is 13.1. The van der Waals surface area contributed by atoms with Gasteiger partial charge in [0, 0.05) is 53.3 Å². The number of hydrogen-bond acceptors (Lipinski definition) is 10. The molecular weight excluding hydrogens is 716 g/mol. The number of carboxylic acids is 1. The Balaban J connectivity index is 0.887. The molecule has 8 N–H and O–H groups in total. The fourth-order valence-corrected chi connectivity index (χ4v) is 6.78. The third-order valence-electron chi connectivity index (χ3n) is 9.90. The van der Waals surface area contributed by atoms with Crippen LogP contribution in [0.25, 0.3) is 22.2 Å². The summed E-state index contributed by atoms with van der Waals surface area (Å²) in [5.41, 5.74) is 0.711. The number of fused-ring (bicyclic) bond motifs is 1. The van der Waals surface area contributed by atoms with Gasteiger partial charge in [0.15, 0.2) is 0 Å². The summed E-state index contributed by atoms with van der Waals surface area (Å²) in [4.78, 5) is 61.2. The lowest BCUT2D eigenvalue weighted by atomic mass is 9.85. The van der Waals surface area contributed by atoms with Crippen LogP contribution >= 0.6 is 0 Å². The predicted octanol–water partition coefficient (Wildman–Crippen LogP) is 3.53. The number of aliphatic carboxylic acids is 1. The fraction of sp³-hybridized carbons (Fsp3) is 0.190. The minimum atomic E-state index is -2.30. The summed E-state index contributed by atoms with van der Waals surface area (Å²) < 4.78 is 0. The Morgan fingerprint density at radius 3 is 2.29 bits per heavy atom. The van der Waals surface area contributed by atoms with E-state index in [9.17, 15) is 39.6 Å². The van der Waals surface area contributed by atoms with Gasteiger partial charge in [0.2, 0.25) is 11.2 Å². The van der Waals surface area contributed by atoms with E-state index in [2.05, 4.69) is 30.9 Å². The van der Waals surface area contributed by atoms with Crippen molar-refractivity contribution in [2.24, 2.45) is 0 Å². The number of aromatic hydroxyl groups is 1. The minimum Gasteiger partial charge on any atom is -0.506 e. The molecule has 2 amide bonds. The van der Waals surface area contributed by atoms with Crippen LogP contribution in [0.1, 0.15) is 62.0 Å². The van der Waals surface area contributed by atoms with Crippen LogP contribution in [0.2, 0.25) is 0 Å². The molecule has 284 valence electrons. The number of H-pyrrole nitrogens is 1. The van der Waals surface area contributed by atoms with Gasteiger partial charge in [-0.1, -0.05) is 66.7 Å². The highest BCUT2D eigenvalue weighted by molar-refractivity contribution is 5.95. The van der Waals surface area contributed by atoms with Crippen LogP contribution in [0, 0.1) is 0 Å². The number of rotatable bonds is 13. The summed E-state index contributed by atoms with van der Waals surface area (Å²) in [6.07, 6.45) is 2.93. The lowest BCUT2D eigenvalue weighted by Crippen LogP contribution is -2.53. The van der Waals surface area contributed by atoms with Crippen LogP contribution in [-0.4, -0.2) is 71.8 Å². The average molecular weight is 755 g/mol. The van der Waals surface area contributed by atoms with E-state index in [0.29, 0.717) is 47.2 Å². The van der Waals surface area contributed by atoms with Crippen LogP contribution < -0.4 is 21.5 Å². The first-order valence-electron chi connectivity index (χ1n) is 17.9. The molecule has 1 saturated carbocycles. The monoisotopic (exact) mass is 754 g/mol. The molecule has 14 heteroatoms. The third-order valence-corrected chi connectivity index (χ3v) is 9.90. The van der Waals surface area contributed by atoms with Gasteiger partial charge in [-0.3, -0.25) is 19.4 Å². The number of carbonyl (C=O) groups excluding carboxylic acids is 2. The van der Waals surface area contributed by atoms with E-state index in [-0.39, 0.29) is 58.2 Å². The number of carboxylic acid groups (broad SMARTS) is 1. The first kappa shape index (κ1) is 37.6. The number of aromatic amines is 1. The number of carbonyl (C=O) groups is 3. The molecule has 56 heavy (non-hydrogen) atoms. The van der Waals surface area contributed by atoms with Gasteiger partial charge in [0.25, 0.3) is 11.8 Å². The Morgan fingerprint density at radius 1 is 0.839 bits per heavy atom. The summed E-state index contributed by atoms with van der Waals surface area (Å²) >= 11 is 0. The zero-order valence-corrected chi connectivity index (χ0v) is 29.8. The molecule has 0 saturated heterocycles. The number of nitrogens with zero attached hydrogens (tertiary/aromatic N) is 2. The second-order valence-corrected chi connectivity index (χ2v) is 13.7. The molecule has 0 unspecified atom stereocenters. The van der Waals surface area contributed by atoms with Gasteiger partial charge < -0.3 is 41.4 Å². The number of pyridine rings is 1. The summed E-state index contributed by atoms with van der Waals surface area (Å²) in [5.74, 6) is -2.20. The smallest absolute Gasteiger partial charge is 0.345 e. The zero-order valence-electron chi connectivity index (χ0n) is 29.8. The van der Waals surface area contributed by atoms with E-state index in [1.807, 2.05) is 12.1 Å². The largest absolute Gasteiger partial charge is 0.506 e. The van der Waals surface area contributed by atoms with Crippen molar-refractivity contribution in [1.29, 1.82) is 0 Å². The van der Waals surface area contributed by atoms with Crippen LogP contribution in [0.4, 0.5) is 0 Å². The average Bonchev–Trinajstić information content (AvgIpc) is 3.20. The summed E-state index contributed by atoms with van der Waals surface area (Å²) in [7, 11) is 0. The Kier molecular flexibility index (Phi) is 10.7. The maximum Gasteiger partial charge on any atom is 0.345 e. The van der Waals surface area contributed by atoms with E-state index >= 15 is 0 Å². The lowest BCUT2D eigenvalue weighted by Gasteiger charge is -2.36. The van der Waals surface area contributed by atoms with Crippen molar-refractivity contribution in [2.45, 2.75) is 43.2 Å². The maximum atomic E-state index is 13.1. The molecule has 14 nitrogen and oxygen atoms in total. The second kappa shape index (κ2) is 15.9. The third kappa shape index (κ3) is 7.88. The molecule has 0 spiro atoms. The number of phenols is 1. The van der Waals surface area contributed by atoms with Crippen molar-refractivity contribution in [3.8, 4) is 17.0 Å². The topological polar surface area (TPSA) is 227 Å². The van der Waals surface area contributed by atoms with Gasteiger partial charge in [-0.05, 0) is 59.9 Å². The number of hydrogen-bond donors (Lipinski definition) is 8. The van der Waals surface area contributed by atoms with Crippen LogP contribution in [0.15, 0.2) is 120 Å². The second-order valence-electron chi connectivity index (χ2n) is 13.7. The number of aliphatic hydroxyl groups excluding tert-OH is 1. The van der Waals surface area contributed by atoms with Crippen molar-refractivity contribution >= 4 is 28.7 Å². The Bertz CT molecular complexity index is 2470. The molecule has 0 aliphatic heterocycles. The lowest BCUT2D eigenvalue weighted by molar-refractivity contribution is -0.155. The quantitative estimate of drug-likeness (QED) is 0.0851. The molecule has 2 atom stereocenters. The van der Waals surface area contributed by atoms with Gasteiger partial charge in [0.1, 0.15) is 11.4 Å².